The smallest absolute Gasteiger partial charge is 0.135 e. The molecule has 1 unspecified atom stereocenters. The molecule has 3 aromatic carbocycles. The van der Waals surface area contributed by atoms with Crippen molar-refractivity contribution >= 4 is 19.0 Å². The van der Waals surface area contributed by atoms with Crippen LogP contribution >= 0.6 is 7.92 Å². The molecule has 0 aromatic heterocycles. The Bertz CT molecular complexity index is 1140. The first-order valence-electron chi connectivity index (χ1n) is 13.1. The molecule has 0 spiro atoms. The lowest BCUT2D eigenvalue weighted by Crippen LogP contribution is -2.09. The molecule has 0 bridgehead atoms. The van der Waals surface area contributed by atoms with Gasteiger partial charge in [-0.25, -0.2) is 0 Å². The number of hydrogen-bond donors (Lipinski definition) is 1. The standard InChI is InChI=1S/C27H33OP.C6H12O/c1-18-12-19(2)26(20(3)13-18)16-29(24-10-8-7-9-11-24)17-27-22(5)14-21(4)25(15-28)23(27)6;1-4-6(7)5(2)3/h7-14,28H,15-17H2,1-6H3;5H,4H2,1-3H3. The van der Waals surface area contributed by atoms with Gasteiger partial charge in [0.15, 0.2) is 0 Å². The molecule has 2 nitrogen and oxygen atoms in total. The van der Waals surface area contributed by atoms with E-state index in [0.29, 0.717) is 12.2 Å². The van der Waals surface area contributed by atoms with Crippen molar-refractivity contribution in [1.29, 1.82) is 0 Å². The SMILES string of the molecule is CCC(=O)C(C)C.Cc1cc(C)c(CP(Cc2c(C)cc(C)c(CO)c2C)c2ccccc2)c(C)c1. The Morgan fingerprint density at radius 3 is 1.75 bits per heavy atom. The van der Waals surface area contributed by atoms with Crippen molar-refractivity contribution < 1.29 is 9.90 Å². The summed E-state index contributed by atoms with van der Waals surface area (Å²) in [5.41, 5.74) is 12.0. The molecule has 1 N–H and O–H groups in total. The lowest BCUT2D eigenvalue weighted by molar-refractivity contribution is -0.121. The number of ketones is 1. The number of aliphatic hydroxyl groups excluding tert-OH is 1. The van der Waals surface area contributed by atoms with Crippen LogP contribution in [0.3, 0.4) is 0 Å². The molecule has 0 saturated heterocycles. The molecule has 0 aliphatic heterocycles. The van der Waals surface area contributed by atoms with Crippen LogP contribution < -0.4 is 5.30 Å². The van der Waals surface area contributed by atoms with Crippen LogP contribution in [0.4, 0.5) is 0 Å². The van der Waals surface area contributed by atoms with E-state index in [1.165, 1.54) is 49.8 Å². The number of carbonyl (C=O) groups is 1. The van der Waals surface area contributed by atoms with Gasteiger partial charge in [-0.15, -0.1) is 0 Å². The summed E-state index contributed by atoms with van der Waals surface area (Å²) in [6, 6.07) is 17.9. The maximum absolute atomic E-state index is 10.5. The average Bonchev–Trinajstić information content (AvgIpc) is 2.83. The Balaban J connectivity index is 0.000000572. The second-order valence-corrected chi connectivity index (χ2v) is 12.5. The van der Waals surface area contributed by atoms with E-state index in [4.69, 9.17) is 0 Å². The zero-order chi connectivity index (χ0) is 27.0. The highest BCUT2D eigenvalue weighted by molar-refractivity contribution is 7.64. The molecular formula is C33H45O2P. The summed E-state index contributed by atoms with van der Waals surface area (Å²) < 4.78 is 0. The average molecular weight is 505 g/mol. The molecule has 1 atom stereocenters. The van der Waals surface area contributed by atoms with Crippen LogP contribution in [-0.2, 0) is 23.7 Å². The summed E-state index contributed by atoms with van der Waals surface area (Å²) >= 11 is 0. The van der Waals surface area contributed by atoms with Gasteiger partial charge in [0.1, 0.15) is 5.78 Å². The van der Waals surface area contributed by atoms with Gasteiger partial charge in [-0.2, -0.15) is 0 Å². The van der Waals surface area contributed by atoms with Gasteiger partial charge < -0.3 is 5.11 Å². The van der Waals surface area contributed by atoms with Gasteiger partial charge in [-0.1, -0.05) is 82.8 Å². The highest BCUT2D eigenvalue weighted by atomic mass is 31.1. The molecule has 3 rings (SSSR count). The summed E-state index contributed by atoms with van der Waals surface area (Å²) in [5.74, 6) is 0.574. The highest BCUT2D eigenvalue weighted by Gasteiger charge is 2.19. The van der Waals surface area contributed by atoms with Gasteiger partial charge in [0.2, 0.25) is 0 Å². The molecule has 0 amide bonds. The minimum Gasteiger partial charge on any atom is -0.392 e. The Hall–Kier alpha value is -2.28. The van der Waals surface area contributed by atoms with E-state index in [-0.39, 0.29) is 12.5 Å². The summed E-state index contributed by atoms with van der Waals surface area (Å²) in [4.78, 5) is 10.5. The molecule has 3 aromatic rings. The van der Waals surface area contributed by atoms with E-state index in [1.807, 2.05) is 20.8 Å². The van der Waals surface area contributed by atoms with E-state index in [2.05, 4.69) is 90.1 Å². The first kappa shape index (κ1) is 29.9. The van der Waals surface area contributed by atoms with E-state index in [0.717, 1.165) is 17.9 Å². The van der Waals surface area contributed by atoms with Crippen molar-refractivity contribution in [3.05, 3.63) is 98.6 Å². The van der Waals surface area contributed by atoms with E-state index in [1.54, 1.807) is 0 Å². The molecule has 194 valence electrons. The molecule has 0 aliphatic carbocycles. The fourth-order valence-corrected chi connectivity index (χ4v) is 7.71. The van der Waals surface area contributed by atoms with E-state index >= 15 is 0 Å². The monoisotopic (exact) mass is 504 g/mol. The lowest BCUT2D eigenvalue weighted by atomic mass is 9.95. The Morgan fingerprint density at radius 1 is 0.778 bits per heavy atom. The second-order valence-electron chi connectivity index (χ2n) is 10.3. The van der Waals surface area contributed by atoms with Gasteiger partial charge >= 0.3 is 0 Å². The number of hydrogen-bond acceptors (Lipinski definition) is 2. The van der Waals surface area contributed by atoms with Gasteiger partial charge in [0, 0.05) is 12.3 Å². The highest BCUT2D eigenvalue weighted by Crippen LogP contribution is 2.45. The first-order chi connectivity index (χ1) is 17.0. The molecule has 3 heteroatoms. The second kappa shape index (κ2) is 13.9. The van der Waals surface area contributed by atoms with Crippen LogP contribution in [0.15, 0.2) is 48.5 Å². The maximum atomic E-state index is 10.5. The third-order valence-corrected chi connectivity index (χ3v) is 9.52. The molecule has 0 fully saturated rings. The van der Waals surface area contributed by atoms with Crippen molar-refractivity contribution in [1.82, 2.24) is 0 Å². The largest absolute Gasteiger partial charge is 0.392 e. The number of benzene rings is 3. The first-order valence-corrected chi connectivity index (χ1v) is 14.8. The summed E-state index contributed by atoms with van der Waals surface area (Å²) in [6.45, 7) is 19.0. The summed E-state index contributed by atoms with van der Waals surface area (Å²) in [5, 5.41) is 11.4. The molecule has 36 heavy (non-hydrogen) atoms. The van der Waals surface area contributed by atoms with E-state index < -0.39 is 7.92 Å². The van der Waals surface area contributed by atoms with Crippen LogP contribution in [0.25, 0.3) is 0 Å². The van der Waals surface area contributed by atoms with Crippen molar-refractivity contribution in [2.75, 3.05) is 0 Å². The zero-order valence-electron chi connectivity index (χ0n) is 23.8. The van der Waals surface area contributed by atoms with Crippen LogP contribution in [0.2, 0.25) is 0 Å². The number of aliphatic hydroxyl groups is 1. The molecular weight excluding hydrogens is 459 g/mol. The van der Waals surface area contributed by atoms with Crippen molar-refractivity contribution in [2.24, 2.45) is 5.92 Å². The third-order valence-electron chi connectivity index (χ3n) is 7.10. The fraction of sp³-hybridized carbons (Fsp3) is 0.424. The van der Waals surface area contributed by atoms with Crippen LogP contribution in [0, 0.1) is 47.5 Å². The Labute approximate surface area is 220 Å². The van der Waals surface area contributed by atoms with Crippen molar-refractivity contribution in [2.45, 2.75) is 87.7 Å². The summed E-state index contributed by atoms with van der Waals surface area (Å²) in [7, 11) is -0.391. The van der Waals surface area contributed by atoms with Crippen molar-refractivity contribution in [3.63, 3.8) is 0 Å². The van der Waals surface area contributed by atoms with Gasteiger partial charge in [0.25, 0.3) is 0 Å². The predicted octanol–water partition coefficient (Wildman–Crippen LogP) is 8.16. The number of carbonyl (C=O) groups excluding carboxylic acids is 1. The van der Waals surface area contributed by atoms with Gasteiger partial charge in [0.05, 0.1) is 6.61 Å². The topological polar surface area (TPSA) is 37.3 Å². The number of Topliss-reactive ketones (excluding diaryl/α,β-unsaturated/α-hetero) is 1. The number of rotatable bonds is 8. The Morgan fingerprint density at radius 2 is 1.28 bits per heavy atom. The molecule has 0 radical (unpaired) electrons. The quantitative estimate of drug-likeness (QED) is 0.314. The van der Waals surface area contributed by atoms with Crippen molar-refractivity contribution in [3.8, 4) is 0 Å². The van der Waals surface area contributed by atoms with Gasteiger partial charge in [-0.3, -0.25) is 4.79 Å². The maximum Gasteiger partial charge on any atom is 0.135 e. The van der Waals surface area contributed by atoms with Crippen LogP contribution in [-0.4, -0.2) is 10.9 Å². The minimum atomic E-state index is -0.391. The Kier molecular flexibility index (Phi) is 11.5. The molecule has 0 saturated carbocycles. The fourth-order valence-electron chi connectivity index (χ4n) is 4.89. The third kappa shape index (κ3) is 7.86. The molecule has 0 aliphatic rings. The van der Waals surface area contributed by atoms with Gasteiger partial charge in [-0.05, 0) is 104 Å². The van der Waals surface area contributed by atoms with Crippen LogP contribution in [0.5, 0.6) is 0 Å². The lowest BCUT2D eigenvalue weighted by Gasteiger charge is -2.24. The molecule has 0 heterocycles. The van der Waals surface area contributed by atoms with Crippen LogP contribution in [0.1, 0.15) is 77.3 Å². The normalized spacial score (nSPS) is 11.8. The predicted molar refractivity (Wildman–Crippen MR) is 158 cm³/mol. The zero-order valence-corrected chi connectivity index (χ0v) is 24.7. The van der Waals surface area contributed by atoms with E-state index in [9.17, 15) is 9.90 Å². The summed E-state index contributed by atoms with van der Waals surface area (Å²) in [6.07, 6.45) is 2.83. The minimum absolute atomic E-state index is 0.115. The number of aryl methyl sites for hydroxylation is 5.